The summed E-state index contributed by atoms with van der Waals surface area (Å²) in [5.41, 5.74) is 0. The minimum Gasteiger partial charge on any atom is -0.375 e. The van der Waals surface area contributed by atoms with Crippen LogP contribution in [0.15, 0.2) is 0 Å². The first kappa shape index (κ1) is 12.7. The number of cyclic esters (lactones) is 4. The highest BCUT2D eigenvalue weighted by Gasteiger charge is 2.33. The van der Waals surface area contributed by atoms with E-state index in [-0.39, 0.29) is 0 Å². The maximum Gasteiger partial charge on any atom is 0.415 e. The van der Waals surface area contributed by atoms with E-state index in [1.165, 1.54) is 11.8 Å². The molecule has 2 saturated heterocycles. The van der Waals surface area contributed by atoms with E-state index in [2.05, 4.69) is 20.1 Å². The standard InChI is InChI=1S/C9H10N2O6S/c12-6-4(10-8(14)16-6)1-2-18-3-5-7(13)17-9(15)11-5/h4-5H,1-3H2,(H,10,14)(H,11,15)/t4-,5-/m0/s1. The number of thioether (sulfide) groups is 1. The fraction of sp³-hybridized carbons (Fsp3) is 0.556. The quantitative estimate of drug-likeness (QED) is 0.390. The third-order valence-corrected chi connectivity index (χ3v) is 3.47. The molecule has 9 heteroatoms. The van der Waals surface area contributed by atoms with Crippen molar-refractivity contribution in [3.8, 4) is 0 Å². The van der Waals surface area contributed by atoms with Crippen LogP contribution in [-0.2, 0) is 19.1 Å². The molecule has 0 aliphatic carbocycles. The lowest BCUT2D eigenvalue weighted by atomic mass is 10.2. The minimum absolute atomic E-state index is 0.361. The molecule has 0 aromatic rings. The molecule has 2 aliphatic heterocycles. The Morgan fingerprint density at radius 2 is 1.50 bits per heavy atom. The van der Waals surface area contributed by atoms with Crippen LogP contribution in [0.1, 0.15) is 6.42 Å². The molecule has 8 nitrogen and oxygen atoms in total. The second-order valence-electron chi connectivity index (χ2n) is 3.67. The molecule has 2 fully saturated rings. The maximum absolute atomic E-state index is 11.1. The minimum atomic E-state index is -0.739. The van der Waals surface area contributed by atoms with Gasteiger partial charge in [-0.25, -0.2) is 19.2 Å². The maximum atomic E-state index is 11.1. The number of nitrogens with one attached hydrogen (secondary N) is 2. The van der Waals surface area contributed by atoms with Crippen LogP contribution in [0.5, 0.6) is 0 Å². The molecule has 18 heavy (non-hydrogen) atoms. The third-order valence-electron chi connectivity index (χ3n) is 2.38. The van der Waals surface area contributed by atoms with Gasteiger partial charge < -0.3 is 20.1 Å². The molecule has 0 unspecified atom stereocenters. The highest BCUT2D eigenvalue weighted by atomic mass is 32.2. The Hall–Kier alpha value is -1.77. The van der Waals surface area contributed by atoms with Gasteiger partial charge in [-0.05, 0) is 12.2 Å². The van der Waals surface area contributed by atoms with Gasteiger partial charge in [0.25, 0.3) is 0 Å². The number of amides is 2. The van der Waals surface area contributed by atoms with E-state index in [4.69, 9.17) is 0 Å². The number of carbonyl (C=O) groups is 4. The van der Waals surface area contributed by atoms with Crippen molar-refractivity contribution in [3.63, 3.8) is 0 Å². The first-order valence-corrected chi connectivity index (χ1v) is 6.34. The largest absolute Gasteiger partial charge is 0.415 e. The Morgan fingerprint density at radius 1 is 0.944 bits per heavy atom. The molecule has 2 rings (SSSR count). The summed E-state index contributed by atoms with van der Waals surface area (Å²) in [6, 6.07) is -1.28. The molecule has 98 valence electrons. The van der Waals surface area contributed by atoms with Gasteiger partial charge in [-0.3, -0.25) is 0 Å². The smallest absolute Gasteiger partial charge is 0.375 e. The lowest BCUT2D eigenvalue weighted by molar-refractivity contribution is -0.136. The SMILES string of the molecule is O=C1N[C@@H](CCSC[C@@H]2NC(=O)OC2=O)C(=O)O1. The first-order chi connectivity index (χ1) is 8.56. The van der Waals surface area contributed by atoms with Gasteiger partial charge in [0, 0.05) is 5.75 Å². The molecule has 0 spiro atoms. The topological polar surface area (TPSA) is 111 Å². The molecule has 2 N–H and O–H groups in total. The number of ether oxygens (including phenoxy) is 2. The summed E-state index contributed by atoms with van der Waals surface area (Å²) in [4.78, 5) is 43.6. The molecule has 2 amide bonds. The highest BCUT2D eigenvalue weighted by Crippen LogP contribution is 2.13. The number of hydrogen-bond acceptors (Lipinski definition) is 7. The van der Waals surface area contributed by atoms with Crippen LogP contribution in [-0.4, -0.2) is 47.7 Å². The normalized spacial score (nSPS) is 26.7. The zero-order chi connectivity index (χ0) is 13.1. The van der Waals surface area contributed by atoms with E-state index in [1.54, 1.807) is 0 Å². The van der Waals surface area contributed by atoms with E-state index in [0.717, 1.165) is 0 Å². The predicted molar refractivity (Wildman–Crippen MR) is 58.8 cm³/mol. The van der Waals surface area contributed by atoms with Gasteiger partial charge in [-0.15, -0.1) is 0 Å². The lowest BCUT2D eigenvalue weighted by Gasteiger charge is -2.07. The molecule has 0 saturated carbocycles. The number of rotatable bonds is 5. The van der Waals surface area contributed by atoms with Crippen LogP contribution in [0.2, 0.25) is 0 Å². The van der Waals surface area contributed by atoms with Crippen molar-refractivity contribution >= 4 is 35.9 Å². The van der Waals surface area contributed by atoms with Gasteiger partial charge in [0.15, 0.2) is 0 Å². The van der Waals surface area contributed by atoms with Gasteiger partial charge in [-0.1, -0.05) is 0 Å². The molecule has 2 atom stereocenters. The van der Waals surface area contributed by atoms with Crippen LogP contribution >= 0.6 is 11.8 Å². The molecule has 0 bridgehead atoms. The van der Waals surface area contributed by atoms with Crippen LogP contribution in [0.4, 0.5) is 9.59 Å². The van der Waals surface area contributed by atoms with Gasteiger partial charge in [-0.2, -0.15) is 11.8 Å². The van der Waals surface area contributed by atoms with E-state index < -0.39 is 36.2 Å². The zero-order valence-electron chi connectivity index (χ0n) is 9.13. The molecular formula is C9H10N2O6S. The van der Waals surface area contributed by atoms with Crippen molar-refractivity contribution in [1.29, 1.82) is 0 Å². The summed E-state index contributed by atoms with van der Waals surface area (Å²) in [5, 5.41) is 4.72. The second kappa shape index (κ2) is 5.25. The van der Waals surface area contributed by atoms with Crippen LogP contribution < -0.4 is 10.6 Å². The summed E-state index contributed by atoms with van der Waals surface area (Å²) in [5.74, 6) is -0.282. The fourth-order valence-electron chi connectivity index (χ4n) is 1.49. The molecular weight excluding hydrogens is 264 g/mol. The molecule has 0 aromatic carbocycles. The Balaban J connectivity index is 1.64. The van der Waals surface area contributed by atoms with Crippen molar-refractivity contribution in [2.45, 2.75) is 18.5 Å². The number of esters is 2. The Labute approximate surface area is 106 Å². The average Bonchev–Trinajstić information content (AvgIpc) is 2.77. The number of carbonyl (C=O) groups excluding carboxylic acids is 4. The summed E-state index contributed by atoms with van der Waals surface area (Å²) in [6.45, 7) is 0. The number of hydrogen-bond donors (Lipinski definition) is 2. The summed E-state index contributed by atoms with van der Waals surface area (Å²) < 4.78 is 8.61. The number of alkyl carbamates (subject to hydrolysis) is 2. The average molecular weight is 274 g/mol. The van der Waals surface area contributed by atoms with Crippen molar-refractivity contribution in [3.05, 3.63) is 0 Å². The Bertz CT molecular complexity index is 374. The molecule has 2 aliphatic rings. The monoisotopic (exact) mass is 274 g/mol. The lowest BCUT2D eigenvalue weighted by Crippen LogP contribution is -2.32. The van der Waals surface area contributed by atoms with Gasteiger partial charge in [0.1, 0.15) is 12.1 Å². The van der Waals surface area contributed by atoms with E-state index in [1.807, 2.05) is 0 Å². The van der Waals surface area contributed by atoms with Crippen molar-refractivity contribution < 1.29 is 28.7 Å². The van der Waals surface area contributed by atoms with Crippen LogP contribution in [0.3, 0.4) is 0 Å². The summed E-state index contributed by atoms with van der Waals surface area (Å²) in [7, 11) is 0. The first-order valence-electron chi connectivity index (χ1n) is 5.18. The Kier molecular flexibility index (Phi) is 3.70. The van der Waals surface area contributed by atoms with E-state index in [9.17, 15) is 19.2 Å². The molecule has 0 radical (unpaired) electrons. The van der Waals surface area contributed by atoms with Crippen LogP contribution in [0.25, 0.3) is 0 Å². The van der Waals surface area contributed by atoms with Gasteiger partial charge in [0.2, 0.25) is 0 Å². The molecule has 2 heterocycles. The van der Waals surface area contributed by atoms with Crippen molar-refractivity contribution in [2.24, 2.45) is 0 Å². The fourth-order valence-corrected chi connectivity index (χ4v) is 2.51. The van der Waals surface area contributed by atoms with Gasteiger partial charge >= 0.3 is 24.1 Å². The van der Waals surface area contributed by atoms with Crippen molar-refractivity contribution in [1.82, 2.24) is 10.6 Å². The van der Waals surface area contributed by atoms with Crippen LogP contribution in [0, 0.1) is 0 Å². The molecule has 0 aromatic heterocycles. The van der Waals surface area contributed by atoms with Gasteiger partial charge in [0.05, 0.1) is 0 Å². The highest BCUT2D eigenvalue weighted by molar-refractivity contribution is 7.99. The summed E-state index contributed by atoms with van der Waals surface area (Å²) >= 11 is 1.37. The second-order valence-corrected chi connectivity index (χ2v) is 4.82. The third kappa shape index (κ3) is 2.92. The Morgan fingerprint density at radius 3 is 2.00 bits per heavy atom. The van der Waals surface area contributed by atoms with E-state index >= 15 is 0 Å². The zero-order valence-corrected chi connectivity index (χ0v) is 9.95. The van der Waals surface area contributed by atoms with E-state index in [0.29, 0.717) is 17.9 Å². The van der Waals surface area contributed by atoms with Crippen molar-refractivity contribution in [2.75, 3.05) is 11.5 Å². The predicted octanol–water partition coefficient (Wildman–Crippen LogP) is -0.620. The summed E-state index contributed by atoms with van der Waals surface area (Å²) in [6.07, 6.45) is -1.07.